The second-order valence-electron chi connectivity index (χ2n) is 9.07. The number of hydrogen-bond donors (Lipinski definition) is 1. The monoisotopic (exact) mass is 506 g/mol. The molecule has 1 aliphatic rings. The Morgan fingerprint density at radius 2 is 1.55 bits per heavy atom. The van der Waals surface area contributed by atoms with E-state index in [9.17, 15) is 14.9 Å². The van der Waals surface area contributed by atoms with Crippen LogP contribution in [0.4, 0.5) is 28.4 Å². The summed E-state index contributed by atoms with van der Waals surface area (Å²) in [5.41, 5.74) is 5.13. The number of fused-ring (bicyclic) bond motifs is 1. The van der Waals surface area contributed by atoms with E-state index in [1.807, 2.05) is 67.5 Å². The molecule has 9 heteroatoms. The van der Waals surface area contributed by atoms with Gasteiger partial charge in [-0.15, -0.1) is 0 Å². The molecule has 1 aliphatic heterocycles. The lowest BCUT2D eigenvalue weighted by atomic mass is 9.99. The molecule has 0 saturated heterocycles. The maximum atomic E-state index is 12.8. The summed E-state index contributed by atoms with van der Waals surface area (Å²) in [6.45, 7) is 0.764. The Kier molecular flexibility index (Phi) is 6.82. The predicted octanol–water partition coefficient (Wildman–Crippen LogP) is 5.38. The average molecular weight is 507 g/mol. The number of nitrogens with zero attached hydrogens (tertiary/aromatic N) is 5. The number of aliphatic imine (C=N–C) groups is 1. The van der Waals surface area contributed by atoms with Crippen LogP contribution in [0, 0.1) is 10.1 Å². The zero-order chi connectivity index (χ0) is 26.6. The van der Waals surface area contributed by atoms with Crippen molar-refractivity contribution in [1.29, 1.82) is 0 Å². The molecule has 190 valence electrons. The number of nitrogens with one attached hydrogen (secondary N) is 1. The molecule has 0 saturated carbocycles. The molecule has 38 heavy (non-hydrogen) atoms. The molecule has 0 fully saturated rings. The fraction of sp³-hybridized carbons (Fsp3) is 0.138. The number of non-ortho nitro benzene ring substituents is 1. The van der Waals surface area contributed by atoms with E-state index >= 15 is 0 Å². The van der Waals surface area contributed by atoms with E-state index in [0.717, 1.165) is 34.6 Å². The van der Waals surface area contributed by atoms with E-state index in [1.54, 1.807) is 36.4 Å². The van der Waals surface area contributed by atoms with Gasteiger partial charge in [-0.2, -0.15) is 0 Å². The van der Waals surface area contributed by atoms with Gasteiger partial charge in [0.25, 0.3) is 11.6 Å². The van der Waals surface area contributed by atoms with Gasteiger partial charge >= 0.3 is 0 Å². The summed E-state index contributed by atoms with van der Waals surface area (Å²) in [6, 6.07) is 23.0. The molecule has 0 radical (unpaired) electrons. The van der Waals surface area contributed by atoms with Crippen molar-refractivity contribution in [3.63, 3.8) is 0 Å². The number of carbonyl (C=O) groups is 1. The number of aromatic nitrogens is 1. The van der Waals surface area contributed by atoms with Gasteiger partial charge in [0.1, 0.15) is 0 Å². The molecular weight excluding hydrogens is 480 g/mol. The van der Waals surface area contributed by atoms with Gasteiger partial charge < -0.3 is 14.8 Å². The number of aryl methyl sites for hydroxylation is 1. The van der Waals surface area contributed by atoms with Crippen molar-refractivity contribution in [3.8, 4) is 0 Å². The quantitative estimate of drug-likeness (QED) is 0.290. The van der Waals surface area contributed by atoms with E-state index in [4.69, 9.17) is 4.99 Å². The zero-order valence-corrected chi connectivity index (χ0v) is 21.0. The van der Waals surface area contributed by atoms with Crippen molar-refractivity contribution in [2.75, 3.05) is 23.8 Å². The van der Waals surface area contributed by atoms with Crippen molar-refractivity contribution >= 4 is 40.1 Å². The summed E-state index contributed by atoms with van der Waals surface area (Å²) < 4.78 is 1.94. The highest BCUT2D eigenvalue weighted by molar-refractivity contribution is 6.09. The van der Waals surface area contributed by atoms with E-state index in [-0.39, 0.29) is 11.6 Å². The number of anilines is 2. The minimum absolute atomic E-state index is 0.0368. The first-order chi connectivity index (χ1) is 18.4. The third-order valence-electron chi connectivity index (χ3n) is 6.33. The predicted molar refractivity (Wildman–Crippen MR) is 149 cm³/mol. The minimum Gasteiger partial charge on any atom is -0.374 e. The number of amides is 1. The molecule has 2 heterocycles. The van der Waals surface area contributed by atoms with Crippen molar-refractivity contribution in [1.82, 2.24) is 4.57 Å². The first kappa shape index (κ1) is 24.6. The summed E-state index contributed by atoms with van der Waals surface area (Å²) in [5.74, 6) is -0.232. The smallest absolute Gasteiger partial charge is 0.270 e. The molecule has 4 aromatic rings. The lowest BCUT2D eigenvalue weighted by Gasteiger charge is -2.28. The highest BCUT2D eigenvalue weighted by Gasteiger charge is 2.22. The molecule has 9 nitrogen and oxygen atoms in total. The van der Waals surface area contributed by atoms with Crippen LogP contribution in [0.1, 0.15) is 22.3 Å². The lowest BCUT2D eigenvalue weighted by molar-refractivity contribution is -0.384. The van der Waals surface area contributed by atoms with Crippen molar-refractivity contribution in [3.05, 3.63) is 118 Å². The number of carbonyl (C=O) groups excluding carboxylic acids is 1. The summed E-state index contributed by atoms with van der Waals surface area (Å²) in [4.78, 5) is 35.1. The molecule has 0 spiro atoms. The van der Waals surface area contributed by atoms with Gasteiger partial charge in [0.2, 0.25) is 0 Å². The molecule has 0 aliphatic carbocycles. The van der Waals surface area contributed by atoms with Crippen LogP contribution in [0.3, 0.4) is 0 Å². The van der Waals surface area contributed by atoms with Crippen LogP contribution in [-0.4, -0.2) is 34.7 Å². The van der Waals surface area contributed by atoms with E-state index in [0.29, 0.717) is 23.4 Å². The minimum atomic E-state index is -0.397. The number of rotatable bonds is 5. The molecule has 1 amide bonds. The van der Waals surface area contributed by atoms with Crippen LogP contribution in [0.15, 0.2) is 101 Å². The fourth-order valence-electron chi connectivity index (χ4n) is 4.23. The maximum Gasteiger partial charge on any atom is 0.270 e. The van der Waals surface area contributed by atoms with Crippen LogP contribution in [-0.2, 0) is 7.05 Å². The Hall–Kier alpha value is -5.05. The van der Waals surface area contributed by atoms with Crippen LogP contribution in [0.25, 0.3) is 0 Å². The number of nitro groups is 1. The fourth-order valence-corrected chi connectivity index (χ4v) is 4.23. The Morgan fingerprint density at radius 1 is 0.895 bits per heavy atom. The normalized spacial score (nSPS) is 13.6. The Morgan fingerprint density at radius 3 is 2.24 bits per heavy atom. The molecule has 0 atom stereocenters. The molecule has 0 bridgehead atoms. The number of pyridine rings is 1. The van der Waals surface area contributed by atoms with Gasteiger partial charge in [0.05, 0.1) is 27.4 Å². The summed E-state index contributed by atoms with van der Waals surface area (Å²) in [7, 11) is 3.91. The van der Waals surface area contributed by atoms with Gasteiger partial charge in [-0.05, 0) is 66.7 Å². The topological polar surface area (TPSA) is 105 Å². The molecular formula is C29H26N6O3. The standard InChI is InChI=1S/C29H26N6O3/c1-33-16-13-24(14-17-33)30-21-7-9-23(10-8-21)32-29(36)20-3-5-22(6-4-20)31-27-15-18-34(2)28-12-11-25(35(37)38)19-26(27)28/h3-14,16-17,19H,15,18H2,1-2H3,(H,32,36). The Balaban J connectivity index is 1.29. The van der Waals surface area contributed by atoms with Crippen LogP contribution in [0.2, 0.25) is 0 Å². The van der Waals surface area contributed by atoms with Crippen LogP contribution >= 0.6 is 0 Å². The van der Waals surface area contributed by atoms with Gasteiger partial charge in [-0.25, -0.2) is 4.99 Å². The number of benzene rings is 3. The lowest BCUT2D eigenvalue weighted by Crippen LogP contribution is -2.28. The van der Waals surface area contributed by atoms with Crippen LogP contribution in [0.5, 0.6) is 0 Å². The molecule has 1 aromatic heterocycles. The highest BCUT2D eigenvalue weighted by Crippen LogP contribution is 2.31. The molecule has 0 unspecified atom stereocenters. The summed E-state index contributed by atoms with van der Waals surface area (Å²) >= 11 is 0. The zero-order valence-electron chi connectivity index (χ0n) is 21.0. The summed E-state index contributed by atoms with van der Waals surface area (Å²) in [5, 5.41) is 15.0. The number of hydrogen-bond acceptors (Lipinski definition) is 6. The second kappa shape index (κ2) is 10.5. The van der Waals surface area contributed by atoms with Crippen molar-refractivity contribution in [2.24, 2.45) is 17.0 Å². The SMILES string of the molecule is CN1CCC(=Nc2ccc(C(=O)Nc3ccc(N=c4ccn(C)cc4)cc3)cc2)c2cc([N+](=O)[O-])ccc21. The van der Waals surface area contributed by atoms with E-state index in [2.05, 4.69) is 15.2 Å². The number of nitro benzene ring substituents is 1. The first-order valence-electron chi connectivity index (χ1n) is 12.1. The molecule has 5 rings (SSSR count). The Labute approximate surface area is 219 Å². The van der Waals surface area contributed by atoms with Gasteiger partial charge in [0, 0.05) is 74.1 Å². The van der Waals surface area contributed by atoms with Crippen LogP contribution < -0.4 is 15.6 Å². The van der Waals surface area contributed by atoms with Crippen molar-refractivity contribution in [2.45, 2.75) is 6.42 Å². The molecule has 3 aromatic carbocycles. The average Bonchev–Trinajstić information content (AvgIpc) is 2.93. The second-order valence-corrected chi connectivity index (χ2v) is 9.07. The van der Waals surface area contributed by atoms with Gasteiger partial charge in [0.15, 0.2) is 0 Å². The Bertz CT molecular complexity index is 1580. The summed E-state index contributed by atoms with van der Waals surface area (Å²) in [6.07, 6.45) is 4.53. The third kappa shape index (κ3) is 5.52. The van der Waals surface area contributed by atoms with Crippen molar-refractivity contribution < 1.29 is 9.72 Å². The van der Waals surface area contributed by atoms with E-state index < -0.39 is 4.92 Å². The highest BCUT2D eigenvalue weighted by atomic mass is 16.6. The largest absolute Gasteiger partial charge is 0.374 e. The molecule has 1 N–H and O–H groups in total. The maximum absolute atomic E-state index is 12.8. The third-order valence-corrected chi connectivity index (χ3v) is 6.33. The van der Waals surface area contributed by atoms with E-state index in [1.165, 1.54) is 6.07 Å². The first-order valence-corrected chi connectivity index (χ1v) is 12.1. The van der Waals surface area contributed by atoms with Gasteiger partial charge in [-0.3, -0.25) is 19.9 Å². The van der Waals surface area contributed by atoms with Gasteiger partial charge in [-0.1, -0.05) is 0 Å².